The largest absolute Gasteiger partial charge is 0.475 e. The van der Waals surface area contributed by atoms with Crippen LogP contribution < -0.4 is 10.2 Å². The van der Waals surface area contributed by atoms with E-state index in [9.17, 15) is 9.90 Å². The molecule has 6 rings (SSSR count). The Kier molecular flexibility index (Phi) is 6.09. The van der Waals surface area contributed by atoms with Crippen molar-refractivity contribution in [3.63, 3.8) is 0 Å². The lowest BCUT2D eigenvalue weighted by atomic mass is 9.80. The lowest BCUT2D eigenvalue weighted by molar-refractivity contribution is 0.0684. The Labute approximate surface area is 207 Å². The summed E-state index contributed by atoms with van der Waals surface area (Å²) in [5.74, 6) is 2.43. The number of imidazole rings is 1. The zero-order chi connectivity index (χ0) is 24.1. The van der Waals surface area contributed by atoms with Crippen molar-refractivity contribution in [3.05, 3.63) is 5.82 Å². The summed E-state index contributed by atoms with van der Waals surface area (Å²) in [6, 6.07) is 1.32. The number of piperidine rings is 1. The van der Waals surface area contributed by atoms with Crippen molar-refractivity contribution in [1.82, 2.24) is 19.5 Å². The monoisotopic (exact) mass is 480 g/mol. The molecule has 2 saturated carbocycles. The number of aromatic nitrogens is 4. The average molecular weight is 481 g/mol. The van der Waals surface area contributed by atoms with Gasteiger partial charge in [0.1, 0.15) is 5.52 Å². The van der Waals surface area contributed by atoms with E-state index in [1.807, 2.05) is 0 Å². The van der Waals surface area contributed by atoms with Crippen LogP contribution in [-0.4, -0.2) is 48.7 Å². The molecule has 35 heavy (non-hydrogen) atoms. The van der Waals surface area contributed by atoms with E-state index < -0.39 is 5.97 Å². The Morgan fingerprint density at radius 2 is 1.66 bits per heavy atom. The van der Waals surface area contributed by atoms with Gasteiger partial charge in [-0.15, -0.1) is 0 Å². The van der Waals surface area contributed by atoms with Crippen LogP contribution in [0.25, 0.3) is 11.2 Å². The second-order valence-corrected chi connectivity index (χ2v) is 11.9. The fourth-order valence-electron chi connectivity index (χ4n) is 7.08. The first kappa shape index (κ1) is 23.0. The van der Waals surface area contributed by atoms with Gasteiger partial charge >= 0.3 is 5.97 Å². The highest BCUT2D eigenvalue weighted by Crippen LogP contribution is 2.42. The molecule has 2 bridgehead atoms. The van der Waals surface area contributed by atoms with Crippen molar-refractivity contribution in [2.45, 2.75) is 116 Å². The number of nitrogens with one attached hydrogen (secondary N) is 1. The molecular formula is C27H40N6O2. The van der Waals surface area contributed by atoms with Crippen LogP contribution in [0.2, 0.25) is 0 Å². The molecule has 3 atom stereocenters. The molecule has 190 valence electrons. The molecule has 8 heteroatoms. The van der Waals surface area contributed by atoms with Crippen molar-refractivity contribution in [3.8, 4) is 0 Å². The fraction of sp³-hybridized carbons (Fsp3) is 0.778. The van der Waals surface area contributed by atoms with E-state index in [2.05, 4.69) is 38.6 Å². The number of aromatic carboxylic acids is 1. The highest BCUT2D eigenvalue weighted by atomic mass is 16.4. The standard InChI is InChI=1S/C27H40N6O2/c1-16-9-11-18(12-10-16)15-32-22-23(28-17(2)19-5-3-6-19)29-25(26(34)35)30-24(22)31-27(32)33-20-7-4-8-21(33)14-13-20/h16-21H,3-15H2,1-2H3,(H,34,35)(H,28,29,30)/t16?,17-,18?,20?,21?/m1/s1. The Morgan fingerprint density at radius 3 is 2.29 bits per heavy atom. The molecule has 2 unspecified atom stereocenters. The van der Waals surface area contributed by atoms with E-state index in [4.69, 9.17) is 4.98 Å². The average Bonchev–Trinajstić information content (AvgIpc) is 3.26. The molecule has 4 fully saturated rings. The van der Waals surface area contributed by atoms with Gasteiger partial charge in [0.15, 0.2) is 11.5 Å². The van der Waals surface area contributed by atoms with Gasteiger partial charge in [-0.25, -0.2) is 14.8 Å². The Morgan fingerprint density at radius 1 is 0.971 bits per heavy atom. The first-order valence-corrected chi connectivity index (χ1v) is 14.0. The Hall–Kier alpha value is -2.38. The Balaban J connectivity index is 1.46. The third-order valence-corrected chi connectivity index (χ3v) is 9.50. The summed E-state index contributed by atoms with van der Waals surface area (Å²) in [6.45, 7) is 5.48. The molecule has 2 aromatic rings. The van der Waals surface area contributed by atoms with Gasteiger partial charge in [0.25, 0.3) is 0 Å². The van der Waals surface area contributed by atoms with Crippen LogP contribution in [0.3, 0.4) is 0 Å². The molecule has 2 aliphatic heterocycles. The van der Waals surface area contributed by atoms with Gasteiger partial charge in [0.2, 0.25) is 11.8 Å². The van der Waals surface area contributed by atoms with Crippen molar-refractivity contribution in [2.24, 2.45) is 17.8 Å². The van der Waals surface area contributed by atoms with Gasteiger partial charge in [0.05, 0.1) is 0 Å². The molecule has 4 heterocycles. The molecule has 2 N–H and O–H groups in total. The number of carbonyl (C=O) groups is 1. The quantitative estimate of drug-likeness (QED) is 0.542. The summed E-state index contributed by atoms with van der Waals surface area (Å²) in [7, 11) is 0. The van der Waals surface area contributed by atoms with E-state index >= 15 is 0 Å². The molecule has 2 aliphatic carbocycles. The number of carboxylic acid groups (broad SMARTS) is 1. The SMILES string of the molecule is CC1CCC(Cn2c(N3C4CCCC3CC4)nc3nc(C(=O)O)nc(N[C@H](C)C4CCC4)c32)CC1. The molecule has 0 amide bonds. The van der Waals surface area contributed by atoms with Crippen LogP contribution in [0.1, 0.15) is 102 Å². The van der Waals surface area contributed by atoms with Crippen LogP contribution in [0.5, 0.6) is 0 Å². The second-order valence-electron chi connectivity index (χ2n) is 11.9. The lowest BCUT2D eigenvalue weighted by Gasteiger charge is -2.37. The van der Waals surface area contributed by atoms with Crippen molar-refractivity contribution in [1.29, 1.82) is 0 Å². The van der Waals surface area contributed by atoms with E-state index in [-0.39, 0.29) is 11.9 Å². The van der Waals surface area contributed by atoms with Crippen LogP contribution >= 0.6 is 0 Å². The Bertz CT molecular complexity index is 1070. The van der Waals surface area contributed by atoms with Gasteiger partial charge < -0.3 is 19.9 Å². The number of nitrogens with zero attached hydrogens (tertiary/aromatic N) is 5. The van der Waals surface area contributed by atoms with Crippen LogP contribution in [0.15, 0.2) is 0 Å². The molecular weight excluding hydrogens is 440 g/mol. The van der Waals surface area contributed by atoms with Gasteiger partial charge in [-0.2, -0.15) is 4.98 Å². The van der Waals surface area contributed by atoms with Crippen LogP contribution in [0.4, 0.5) is 11.8 Å². The second kappa shape index (κ2) is 9.25. The summed E-state index contributed by atoms with van der Waals surface area (Å²) in [5.41, 5.74) is 1.43. The highest BCUT2D eigenvalue weighted by Gasteiger charge is 2.40. The maximum atomic E-state index is 11.9. The van der Waals surface area contributed by atoms with E-state index in [0.717, 1.165) is 23.9 Å². The molecule has 8 nitrogen and oxygen atoms in total. The van der Waals surface area contributed by atoms with Crippen molar-refractivity contribution < 1.29 is 9.90 Å². The molecule has 0 radical (unpaired) electrons. The number of fused-ring (bicyclic) bond motifs is 3. The summed E-state index contributed by atoms with van der Waals surface area (Å²) in [5, 5.41) is 13.4. The molecule has 4 aliphatic rings. The molecule has 0 aromatic carbocycles. The van der Waals surface area contributed by atoms with Gasteiger partial charge in [-0.05, 0) is 82.5 Å². The van der Waals surface area contributed by atoms with E-state index in [1.54, 1.807) is 0 Å². The number of hydrogen-bond acceptors (Lipinski definition) is 6. The zero-order valence-electron chi connectivity index (χ0n) is 21.2. The van der Waals surface area contributed by atoms with Crippen LogP contribution in [0, 0.1) is 17.8 Å². The minimum atomic E-state index is -1.10. The number of anilines is 2. The molecule has 0 spiro atoms. The minimum Gasteiger partial charge on any atom is -0.475 e. The highest BCUT2D eigenvalue weighted by molar-refractivity contribution is 5.91. The van der Waals surface area contributed by atoms with E-state index in [1.165, 1.54) is 77.0 Å². The fourth-order valence-corrected chi connectivity index (χ4v) is 7.08. The van der Waals surface area contributed by atoms with Crippen molar-refractivity contribution >= 4 is 28.9 Å². The molecule has 2 aromatic heterocycles. The predicted octanol–water partition coefficient (Wildman–Crippen LogP) is 5.47. The normalized spacial score (nSPS) is 29.8. The van der Waals surface area contributed by atoms with Gasteiger partial charge in [0, 0.05) is 24.7 Å². The lowest BCUT2D eigenvalue weighted by Crippen LogP contribution is -2.41. The smallest absolute Gasteiger partial charge is 0.374 e. The first-order valence-electron chi connectivity index (χ1n) is 14.0. The van der Waals surface area contributed by atoms with Gasteiger partial charge in [-0.3, -0.25) is 0 Å². The topological polar surface area (TPSA) is 96.2 Å². The van der Waals surface area contributed by atoms with Gasteiger partial charge in [-0.1, -0.05) is 26.2 Å². The number of hydrogen-bond donors (Lipinski definition) is 2. The molecule has 2 saturated heterocycles. The number of carboxylic acids is 1. The maximum Gasteiger partial charge on any atom is 0.374 e. The third-order valence-electron chi connectivity index (χ3n) is 9.50. The summed E-state index contributed by atoms with van der Waals surface area (Å²) in [6.07, 6.45) is 14.9. The summed E-state index contributed by atoms with van der Waals surface area (Å²) >= 11 is 0. The third kappa shape index (κ3) is 4.27. The van der Waals surface area contributed by atoms with Crippen LogP contribution in [-0.2, 0) is 6.54 Å². The predicted molar refractivity (Wildman–Crippen MR) is 137 cm³/mol. The summed E-state index contributed by atoms with van der Waals surface area (Å²) in [4.78, 5) is 28.6. The number of rotatable bonds is 7. The minimum absolute atomic E-state index is 0.162. The first-order chi connectivity index (χ1) is 17.0. The zero-order valence-corrected chi connectivity index (χ0v) is 21.2. The van der Waals surface area contributed by atoms with E-state index in [0.29, 0.717) is 35.4 Å². The maximum absolute atomic E-state index is 11.9. The van der Waals surface area contributed by atoms with Crippen molar-refractivity contribution in [2.75, 3.05) is 10.2 Å². The summed E-state index contributed by atoms with van der Waals surface area (Å²) < 4.78 is 2.38.